The van der Waals surface area contributed by atoms with Crippen LogP contribution in [0.1, 0.15) is 12.0 Å². The van der Waals surface area contributed by atoms with Crippen LogP contribution in [0, 0.1) is 0 Å². The van der Waals surface area contributed by atoms with Crippen LogP contribution < -0.4 is 16.0 Å². The lowest BCUT2D eigenvalue weighted by molar-refractivity contribution is -0.139. The second kappa shape index (κ2) is 6.74. The Balaban J connectivity index is 1.88. The van der Waals surface area contributed by atoms with Gasteiger partial charge in [-0.1, -0.05) is 30.3 Å². The van der Waals surface area contributed by atoms with Crippen LogP contribution in [0.3, 0.4) is 0 Å². The number of carbonyl (C=O) groups is 3. The van der Waals surface area contributed by atoms with Gasteiger partial charge in [-0.25, -0.2) is 9.59 Å². The summed E-state index contributed by atoms with van der Waals surface area (Å²) in [6.07, 6.45) is 0.412. The maximum atomic E-state index is 11.8. The number of urea groups is 1. The Morgan fingerprint density at radius 3 is 2.62 bits per heavy atom. The summed E-state index contributed by atoms with van der Waals surface area (Å²) in [5.41, 5.74) is 0.822. The first-order valence-corrected chi connectivity index (χ1v) is 6.65. The van der Waals surface area contributed by atoms with Gasteiger partial charge in [0.05, 0.1) is 6.04 Å². The van der Waals surface area contributed by atoms with Crippen LogP contribution in [0.25, 0.3) is 0 Å². The van der Waals surface area contributed by atoms with Crippen molar-refractivity contribution in [2.75, 3.05) is 6.54 Å². The number of carboxylic acid groups (broad SMARTS) is 1. The van der Waals surface area contributed by atoms with E-state index in [-0.39, 0.29) is 24.8 Å². The summed E-state index contributed by atoms with van der Waals surface area (Å²) in [6.45, 7) is 0.364. The van der Waals surface area contributed by atoms with E-state index in [0.717, 1.165) is 5.56 Å². The van der Waals surface area contributed by atoms with E-state index in [4.69, 9.17) is 0 Å². The van der Waals surface area contributed by atoms with Crippen LogP contribution in [0.5, 0.6) is 0 Å². The van der Waals surface area contributed by atoms with E-state index in [0.29, 0.717) is 6.54 Å². The monoisotopic (exact) mass is 291 g/mol. The third kappa shape index (κ3) is 4.48. The Kier molecular flexibility index (Phi) is 4.76. The zero-order valence-electron chi connectivity index (χ0n) is 11.3. The number of benzene rings is 1. The molecule has 3 amide bonds. The van der Waals surface area contributed by atoms with Gasteiger partial charge in [-0.3, -0.25) is 4.79 Å². The topological polar surface area (TPSA) is 108 Å². The number of carboxylic acids is 1. The number of amides is 3. The molecule has 2 atom stereocenters. The lowest BCUT2D eigenvalue weighted by Gasteiger charge is -2.17. The first kappa shape index (κ1) is 14.8. The average Bonchev–Trinajstić information content (AvgIpc) is 2.84. The number of hydrogen-bond acceptors (Lipinski definition) is 3. The molecule has 1 aliphatic heterocycles. The molecule has 2 rings (SSSR count). The Bertz CT molecular complexity index is 532. The third-order valence-electron chi connectivity index (χ3n) is 3.20. The van der Waals surface area contributed by atoms with Crippen molar-refractivity contribution in [3.63, 3.8) is 0 Å². The van der Waals surface area contributed by atoms with Gasteiger partial charge in [-0.15, -0.1) is 0 Å². The highest BCUT2D eigenvalue weighted by atomic mass is 16.4. The summed E-state index contributed by atoms with van der Waals surface area (Å²) in [5.74, 6) is -1.23. The molecule has 1 aromatic carbocycles. The average molecular weight is 291 g/mol. The molecule has 1 fully saturated rings. The first-order chi connectivity index (χ1) is 10.0. The first-order valence-electron chi connectivity index (χ1n) is 6.65. The van der Waals surface area contributed by atoms with E-state index >= 15 is 0 Å². The van der Waals surface area contributed by atoms with Gasteiger partial charge in [-0.05, 0) is 5.56 Å². The largest absolute Gasteiger partial charge is 0.480 e. The minimum Gasteiger partial charge on any atom is -0.480 e. The van der Waals surface area contributed by atoms with E-state index in [1.807, 2.05) is 18.2 Å². The summed E-state index contributed by atoms with van der Waals surface area (Å²) < 4.78 is 0. The van der Waals surface area contributed by atoms with Gasteiger partial charge >= 0.3 is 12.0 Å². The van der Waals surface area contributed by atoms with Crippen molar-refractivity contribution in [3.8, 4) is 0 Å². The minimum atomic E-state index is -1.10. The number of carbonyl (C=O) groups excluding carboxylic acids is 2. The van der Waals surface area contributed by atoms with Crippen LogP contribution in [-0.4, -0.2) is 41.6 Å². The summed E-state index contributed by atoms with van der Waals surface area (Å²) >= 11 is 0. The Morgan fingerprint density at radius 2 is 2.05 bits per heavy atom. The minimum absolute atomic E-state index is 0.126. The van der Waals surface area contributed by atoms with Gasteiger partial charge < -0.3 is 21.1 Å². The maximum absolute atomic E-state index is 11.8. The molecular formula is C14H17N3O4. The van der Waals surface area contributed by atoms with E-state index in [9.17, 15) is 19.5 Å². The molecule has 7 nitrogen and oxygen atoms in total. The molecule has 21 heavy (non-hydrogen) atoms. The second-order valence-corrected chi connectivity index (χ2v) is 4.90. The molecule has 0 bridgehead atoms. The summed E-state index contributed by atoms with van der Waals surface area (Å²) in [4.78, 5) is 34.0. The molecule has 0 aromatic heterocycles. The molecule has 0 saturated carbocycles. The number of nitrogens with one attached hydrogen (secondary N) is 3. The molecule has 4 N–H and O–H groups in total. The number of rotatable bonds is 5. The van der Waals surface area contributed by atoms with E-state index in [1.165, 1.54) is 0 Å². The Labute approximate surface area is 121 Å². The van der Waals surface area contributed by atoms with Gasteiger partial charge in [0.2, 0.25) is 5.91 Å². The van der Waals surface area contributed by atoms with Crippen LogP contribution in [0.2, 0.25) is 0 Å². The smallest absolute Gasteiger partial charge is 0.326 e. The van der Waals surface area contributed by atoms with Gasteiger partial charge in [0.15, 0.2) is 0 Å². The van der Waals surface area contributed by atoms with Crippen LogP contribution in [-0.2, 0) is 16.0 Å². The third-order valence-corrected chi connectivity index (χ3v) is 3.20. The highest BCUT2D eigenvalue weighted by Crippen LogP contribution is 2.04. The zero-order chi connectivity index (χ0) is 15.2. The molecule has 0 spiro atoms. The predicted octanol–water partition coefficient (Wildman–Crippen LogP) is -0.130. The van der Waals surface area contributed by atoms with Crippen LogP contribution in [0.15, 0.2) is 30.3 Å². The van der Waals surface area contributed by atoms with Gasteiger partial charge in [0.1, 0.15) is 6.04 Å². The second-order valence-electron chi connectivity index (χ2n) is 4.90. The molecule has 1 aliphatic rings. The standard InChI is InChI=1S/C14H17N3O4/c18-12-7-10(8-15-12)16-14(21)17-11(13(19)20)6-9-4-2-1-3-5-9/h1-5,10-11H,6-8H2,(H,15,18)(H,19,20)(H2,16,17,21)/t10?,11-/m1/s1. The van der Waals surface area contributed by atoms with Crippen molar-refractivity contribution < 1.29 is 19.5 Å². The summed E-state index contributed by atoms with van der Waals surface area (Å²) in [7, 11) is 0. The van der Waals surface area contributed by atoms with Gasteiger partial charge in [0.25, 0.3) is 0 Å². The van der Waals surface area contributed by atoms with Crippen molar-refractivity contribution in [2.45, 2.75) is 24.9 Å². The molecule has 112 valence electrons. The lowest BCUT2D eigenvalue weighted by atomic mass is 10.1. The fraction of sp³-hybridized carbons (Fsp3) is 0.357. The Morgan fingerprint density at radius 1 is 1.33 bits per heavy atom. The molecule has 1 aromatic rings. The zero-order valence-corrected chi connectivity index (χ0v) is 11.3. The lowest BCUT2D eigenvalue weighted by Crippen LogP contribution is -2.50. The summed E-state index contributed by atoms with van der Waals surface area (Å²) in [5, 5.41) is 16.8. The number of hydrogen-bond donors (Lipinski definition) is 4. The SMILES string of the molecule is O=C1CC(NC(=O)N[C@H](Cc2ccccc2)C(=O)O)CN1. The molecule has 1 unspecified atom stereocenters. The molecule has 0 aliphatic carbocycles. The van der Waals surface area contributed by atoms with E-state index in [1.54, 1.807) is 12.1 Å². The Hall–Kier alpha value is -2.57. The highest BCUT2D eigenvalue weighted by Gasteiger charge is 2.25. The maximum Gasteiger partial charge on any atom is 0.326 e. The van der Waals surface area contributed by atoms with Crippen LogP contribution in [0.4, 0.5) is 4.79 Å². The molecule has 1 heterocycles. The van der Waals surface area contributed by atoms with Crippen molar-refractivity contribution >= 4 is 17.9 Å². The van der Waals surface area contributed by atoms with Gasteiger partial charge in [0, 0.05) is 19.4 Å². The fourth-order valence-corrected chi connectivity index (χ4v) is 2.14. The van der Waals surface area contributed by atoms with Crippen molar-refractivity contribution in [1.29, 1.82) is 0 Å². The number of aliphatic carboxylic acids is 1. The van der Waals surface area contributed by atoms with Crippen LogP contribution >= 0.6 is 0 Å². The normalized spacial score (nSPS) is 18.7. The molecule has 0 radical (unpaired) electrons. The van der Waals surface area contributed by atoms with Gasteiger partial charge in [-0.2, -0.15) is 0 Å². The fourth-order valence-electron chi connectivity index (χ4n) is 2.14. The highest BCUT2D eigenvalue weighted by molar-refractivity contribution is 5.84. The molecule has 7 heteroatoms. The van der Waals surface area contributed by atoms with E-state index < -0.39 is 18.0 Å². The van der Waals surface area contributed by atoms with Crippen molar-refractivity contribution in [1.82, 2.24) is 16.0 Å². The molecular weight excluding hydrogens is 274 g/mol. The van der Waals surface area contributed by atoms with Crippen molar-refractivity contribution in [3.05, 3.63) is 35.9 Å². The summed E-state index contributed by atoms with van der Waals surface area (Å²) in [6, 6.07) is 7.16. The van der Waals surface area contributed by atoms with Crippen molar-refractivity contribution in [2.24, 2.45) is 0 Å². The predicted molar refractivity (Wildman–Crippen MR) is 74.7 cm³/mol. The quantitative estimate of drug-likeness (QED) is 0.606. The van der Waals surface area contributed by atoms with E-state index in [2.05, 4.69) is 16.0 Å². The molecule has 1 saturated heterocycles.